The topological polar surface area (TPSA) is 55.3 Å². The van der Waals surface area contributed by atoms with Crippen molar-refractivity contribution >= 4 is 28.8 Å². The van der Waals surface area contributed by atoms with Crippen LogP contribution in [-0.2, 0) is 0 Å². The summed E-state index contributed by atoms with van der Waals surface area (Å²) in [4.78, 5) is 4.04. The predicted octanol–water partition coefficient (Wildman–Crippen LogP) is 4.78. The van der Waals surface area contributed by atoms with Gasteiger partial charge in [0.1, 0.15) is 0 Å². The summed E-state index contributed by atoms with van der Waals surface area (Å²) in [5, 5.41) is 0. The normalized spacial score (nSPS) is 16.2. The van der Waals surface area contributed by atoms with E-state index in [9.17, 15) is 13.2 Å². The first-order valence-corrected chi connectivity index (χ1v) is 8.89. The molecule has 134 valence electrons. The van der Waals surface area contributed by atoms with Crippen molar-refractivity contribution in [2.45, 2.75) is 28.8 Å². The lowest BCUT2D eigenvalue weighted by Crippen LogP contribution is -2.38. The van der Waals surface area contributed by atoms with Crippen molar-refractivity contribution in [1.82, 2.24) is 0 Å². The lowest BCUT2D eigenvalue weighted by Gasteiger charge is -2.34. The van der Waals surface area contributed by atoms with Gasteiger partial charge in [-0.3, -0.25) is 0 Å². The third-order valence-corrected chi connectivity index (χ3v) is 5.45. The van der Waals surface area contributed by atoms with E-state index in [1.807, 2.05) is 41.3 Å². The molecular weight excluding hydrogens is 347 g/mol. The molecule has 0 bridgehead atoms. The zero-order valence-electron chi connectivity index (χ0n) is 13.6. The van der Waals surface area contributed by atoms with Gasteiger partial charge in [-0.2, -0.15) is 13.2 Å². The molecule has 0 spiro atoms. The second-order valence-electron chi connectivity index (χ2n) is 6.19. The second kappa shape index (κ2) is 7.07. The van der Waals surface area contributed by atoms with Crippen LogP contribution >= 0.6 is 11.8 Å². The number of nitrogen functional groups attached to an aromatic ring is 2. The number of hydrogen-bond acceptors (Lipinski definition) is 4. The quantitative estimate of drug-likeness (QED) is 0.767. The summed E-state index contributed by atoms with van der Waals surface area (Å²) in [6, 6.07) is 13.4. The second-order valence-corrected chi connectivity index (χ2v) is 7.34. The zero-order chi connectivity index (χ0) is 18.0. The first-order valence-electron chi connectivity index (χ1n) is 8.07. The van der Waals surface area contributed by atoms with Crippen LogP contribution in [0.4, 0.5) is 30.2 Å². The van der Waals surface area contributed by atoms with E-state index in [0.717, 1.165) is 15.5 Å². The van der Waals surface area contributed by atoms with Crippen molar-refractivity contribution in [1.29, 1.82) is 0 Å². The zero-order valence-corrected chi connectivity index (χ0v) is 14.4. The largest absolute Gasteiger partial charge is 0.397 e. The van der Waals surface area contributed by atoms with Crippen LogP contribution in [0, 0.1) is 5.92 Å². The maximum absolute atomic E-state index is 12.7. The average Bonchev–Trinajstić information content (AvgIpc) is 2.58. The van der Waals surface area contributed by atoms with Crippen molar-refractivity contribution in [3.8, 4) is 0 Å². The summed E-state index contributed by atoms with van der Waals surface area (Å²) < 4.78 is 38.2. The summed E-state index contributed by atoms with van der Waals surface area (Å²) >= 11 is 1.57. The van der Waals surface area contributed by atoms with E-state index < -0.39 is 12.1 Å². The van der Waals surface area contributed by atoms with Gasteiger partial charge in [0.25, 0.3) is 0 Å². The Hall–Kier alpha value is -2.02. The fraction of sp³-hybridized carbons (Fsp3) is 0.333. The monoisotopic (exact) mass is 367 g/mol. The molecule has 0 amide bonds. The van der Waals surface area contributed by atoms with Crippen molar-refractivity contribution in [3.63, 3.8) is 0 Å². The molecule has 1 aliphatic heterocycles. The Morgan fingerprint density at radius 2 is 1.48 bits per heavy atom. The van der Waals surface area contributed by atoms with Crippen molar-refractivity contribution in [3.05, 3.63) is 42.5 Å². The van der Waals surface area contributed by atoms with Gasteiger partial charge in [-0.15, -0.1) is 0 Å². The van der Waals surface area contributed by atoms with Gasteiger partial charge in [0, 0.05) is 28.6 Å². The van der Waals surface area contributed by atoms with E-state index in [1.165, 1.54) is 0 Å². The number of benzene rings is 2. The third-order valence-electron chi connectivity index (χ3n) is 4.45. The number of piperidine rings is 1. The minimum atomic E-state index is -4.08. The molecule has 1 heterocycles. The van der Waals surface area contributed by atoms with Crippen molar-refractivity contribution in [2.24, 2.45) is 5.92 Å². The molecule has 0 unspecified atom stereocenters. The highest BCUT2D eigenvalue weighted by Gasteiger charge is 2.41. The molecule has 2 aromatic carbocycles. The number of halogens is 3. The van der Waals surface area contributed by atoms with Crippen LogP contribution in [0.1, 0.15) is 12.8 Å². The van der Waals surface area contributed by atoms with Gasteiger partial charge < -0.3 is 16.4 Å². The Morgan fingerprint density at radius 1 is 0.880 bits per heavy atom. The summed E-state index contributed by atoms with van der Waals surface area (Å²) in [7, 11) is 0. The molecule has 0 aromatic heterocycles. The SMILES string of the molecule is Nc1ccc(Sc2ccc(N3CCC(C(F)(F)F)CC3)cc2)cc1N. The van der Waals surface area contributed by atoms with E-state index in [0.29, 0.717) is 24.5 Å². The van der Waals surface area contributed by atoms with Crippen molar-refractivity contribution < 1.29 is 13.2 Å². The highest BCUT2D eigenvalue weighted by atomic mass is 32.2. The van der Waals surface area contributed by atoms with Crippen LogP contribution in [0.15, 0.2) is 52.3 Å². The number of anilines is 3. The molecule has 0 saturated carbocycles. The Kier molecular flexibility index (Phi) is 5.03. The molecule has 4 N–H and O–H groups in total. The number of hydrogen-bond donors (Lipinski definition) is 2. The Bertz CT molecular complexity index is 723. The minimum Gasteiger partial charge on any atom is -0.397 e. The van der Waals surface area contributed by atoms with Crippen LogP contribution in [0.25, 0.3) is 0 Å². The lowest BCUT2D eigenvalue weighted by molar-refractivity contribution is -0.179. The first kappa shape index (κ1) is 17.8. The maximum atomic E-state index is 12.7. The minimum absolute atomic E-state index is 0.157. The van der Waals surface area contributed by atoms with E-state index in [1.54, 1.807) is 17.8 Å². The molecule has 1 saturated heterocycles. The van der Waals surface area contributed by atoms with E-state index >= 15 is 0 Å². The molecular formula is C18H20F3N3S. The van der Waals surface area contributed by atoms with E-state index in [2.05, 4.69) is 0 Å². The predicted molar refractivity (Wildman–Crippen MR) is 96.8 cm³/mol. The summed E-state index contributed by atoms with van der Waals surface area (Å²) in [6.45, 7) is 0.871. The number of rotatable bonds is 3. The van der Waals surface area contributed by atoms with Crippen molar-refractivity contribution in [2.75, 3.05) is 29.5 Å². The van der Waals surface area contributed by atoms with Gasteiger partial charge in [-0.25, -0.2) is 0 Å². The van der Waals surface area contributed by atoms with Gasteiger partial charge in [-0.1, -0.05) is 11.8 Å². The molecule has 2 aromatic rings. The number of alkyl halides is 3. The highest BCUT2D eigenvalue weighted by Crippen LogP contribution is 2.36. The van der Waals surface area contributed by atoms with Gasteiger partial charge in [-0.05, 0) is 55.3 Å². The smallest absolute Gasteiger partial charge is 0.391 e. The fourth-order valence-corrected chi connectivity index (χ4v) is 3.81. The highest BCUT2D eigenvalue weighted by molar-refractivity contribution is 7.99. The maximum Gasteiger partial charge on any atom is 0.391 e. The summed E-state index contributed by atoms with van der Waals surface area (Å²) in [5.41, 5.74) is 13.6. The standard InChI is InChI=1S/C18H20F3N3S/c19-18(20,21)12-7-9-24(10-8-12)13-1-3-14(4-2-13)25-15-5-6-16(22)17(23)11-15/h1-6,11-12H,7-10,22-23H2. The summed E-state index contributed by atoms with van der Waals surface area (Å²) in [6.07, 6.45) is -3.76. The molecule has 0 aliphatic carbocycles. The molecule has 1 aliphatic rings. The van der Waals surface area contributed by atoms with Gasteiger partial charge in [0.15, 0.2) is 0 Å². The number of nitrogens with two attached hydrogens (primary N) is 2. The van der Waals surface area contributed by atoms with Crippen LogP contribution in [-0.4, -0.2) is 19.3 Å². The molecule has 1 fully saturated rings. The Morgan fingerprint density at radius 3 is 2.04 bits per heavy atom. The molecule has 3 rings (SSSR count). The van der Waals surface area contributed by atoms with Crippen LogP contribution in [0.3, 0.4) is 0 Å². The Labute approximate surface area is 149 Å². The van der Waals surface area contributed by atoms with Gasteiger partial charge in [0.2, 0.25) is 0 Å². The summed E-state index contributed by atoms with van der Waals surface area (Å²) in [5.74, 6) is -1.17. The molecule has 7 heteroatoms. The van der Waals surface area contributed by atoms with Crippen LogP contribution in [0.5, 0.6) is 0 Å². The Balaban J connectivity index is 1.62. The lowest BCUT2D eigenvalue weighted by atomic mass is 9.96. The van der Waals surface area contributed by atoms with E-state index in [4.69, 9.17) is 11.5 Å². The molecule has 25 heavy (non-hydrogen) atoms. The molecule has 3 nitrogen and oxygen atoms in total. The number of nitrogens with zero attached hydrogens (tertiary/aromatic N) is 1. The average molecular weight is 367 g/mol. The van der Waals surface area contributed by atoms with Gasteiger partial charge in [0.05, 0.1) is 17.3 Å². The third kappa shape index (κ3) is 4.34. The van der Waals surface area contributed by atoms with Crippen LogP contribution in [0.2, 0.25) is 0 Å². The van der Waals surface area contributed by atoms with E-state index in [-0.39, 0.29) is 12.8 Å². The first-order chi connectivity index (χ1) is 11.8. The van der Waals surface area contributed by atoms with Gasteiger partial charge >= 0.3 is 6.18 Å². The molecule has 0 atom stereocenters. The fourth-order valence-electron chi connectivity index (χ4n) is 2.94. The van der Waals surface area contributed by atoms with Crippen LogP contribution < -0.4 is 16.4 Å². The molecule has 0 radical (unpaired) electrons.